The maximum absolute atomic E-state index is 12.8. The van der Waals surface area contributed by atoms with Crippen LogP contribution in [0.2, 0.25) is 0 Å². The number of carbonyl (C=O) groups excluding carboxylic acids is 2. The summed E-state index contributed by atoms with van der Waals surface area (Å²) in [7, 11) is 1.51. The Labute approximate surface area is 191 Å². The Morgan fingerprint density at radius 1 is 0.875 bits per heavy atom. The summed E-state index contributed by atoms with van der Waals surface area (Å²) in [5.74, 6) is -0.0293. The molecule has 0 aromatic heterocycles. The van der Waals surface area contributed by atoms with Crippen LogP contribution in [0.5, 0.6) is 11.5 Å². The third-order valence-electron chi connectivity index (χ3n) is 4.18. The monoisotopic (exact) mass is 452 g/mol. The van der Waals surface area contributed by atoms with Crippen molar-refractivity contribution in [3.8, 4) is 11.5 Å². The van der Waals surface area contributed by atoms with Crippen molar-refractivity contribution in [3.63, 3.8) is 0 Å². The Bertz CT molecular complexity index is 1050. The van der Waals surface area contributed by atoms with Gasteiger partial charge in [-0.3, -0.25) is 20.4 Å². The molecule has 3 aromatic rings. The van der Waals surface area contributed by atoms with Gasteiger partial charge in [0, 0.05) is 23.8 Å². The van der Waals surface area contributed by atoms with E-state index in [0.29, 0.717) is 28.6 Å². The van der Waals surface area contributed by atoms with Gasteiger partial charge in [0.15, 0.2) is 18.3 Å². The van der Waals surface area contributed by atoms with E-state index < -0.39 is 5.91 Å². The quantitative estimate of drug-likeness (QED) is 0.374. The van der Waals surface area contributed by atoms with Gasteiger partial charge in [-0.05, 0) is 29.8 Å². The first kappa shape index (κ1) is 23.2. The van der Waals surface area contributed by atoms with Crippen LogP contribution in [0.3, 0.4) is 0 Å². The number of hydrazine groups is 1. The zero-order chi connectivity index (χ0) is 22.8. The molecule has 3 rings (SSSR count). The summed E-state index contributed by atoms with van der Waals surface area (Å²) < 4.78 is 16.7. The number of nitrogens with one attached hydrogen (secondary N) is 2. The van der Waals surface area contributed by atoms with Gasteiger partial charge in [-0.1, -0.05) is 60.3 Å². The molecule has 0 spiro atoms. The van der Waals surface area contributed by atoms with Gasteiger partial charge in [0.05, 0.1) is 5.56 Å². The molecular formula is C24H24N2O5S. The van der Waals surface area contributed by atoms with E-state index >= 15 is 0 Å². The predicted molar refractivity (Wildman–Crippen MR) is 122 cm³/mol. The number of hydrogen-bond donors (Lipinski definition) is 2. The van der Waals surface area contributed by atoms with Gasteiger partial charge < -0.3 is 14.2 Å². The van der Waals surface area contributed by atoms with Crippen LogP contribution < -0.4 is 20.3 Å². The molecule has 0 radical (unpaired) electrons. The second kappa shape index (κ2) is 11.8. The molecule has 0 heterocycles. The molecule has 166 valence electrons. The summed E-state index contributed by atoms with van der Waals surface area (Å²) in [6.07, 6.45) is 0. The third kappa shape index (κ3) is 6.76. The molecule has 0 aliphatic carbocycles. The van der Waals surface area contributed by atoms with Crippen LogP contribution in [-0.2, 0) is 16.1 Å². The zero-order valence-electron chi connectivity index (χ0n) is 17.8. The van der Waals surface area contributed by atoms with E-state index in [1.165, 1.54) is 25.8 Å². The van der Waals surface area contributed by atoms with Gasteiger partial charge in [-0.2, -0.15) is 0 Å². The van der Waals surface area contributed by atoms with Gasteiger partial charge in [-0.15, -0.1) is 0 Å². The molecule has 7 nitrogen and oxygen atoms in total. The molecule has 0 saturated carbocycles. The van der Waals surface area contributed by atoms with Crippen LogP contribution in [0.1, 0.15) is 22.8 Å². The lowest BCUT2D eigenvalue weighted by Gasteiger charge is -2.17. The van der Waals surface area contributed by atoms with Crippen LogP contribution in [0.4, 0.5) is 0 Å². The fraction of sp³-hybridized carbons (Fsp3) is 0.167. The van der Waals surface area contributed by atoms with Crippen molar-refractivity contribution in [1.82, 2.24) is 10.9 Å². The first-order valence-corrected chi connectivity index (χ1v) is 10.6. The van der Waals surface area contributed by atoms with Gasteiger partial charge in [0.1, 0.15) is 6.61 Å². The number of methoxy groups -OCH3 is 1. The molecule has 3 aromatic carbocycles. The molecule has 0 aliphatic heterocycles. The highest BCUT2D eigenvalue weighted by Crippen LogP contribution is 2.39. The van der Waals surface area contributed by atoms with Gasteiger partial charge in [-0.25, -0.2) is 0 Å². The number of benzene rings is 3. The van der Waals surface area contributed by atoms with E-state index in [9.17, 15) is 9.59 Å². The molecule has 0 bridgehead atoms. The highest BCUT2D eigenvalue weighted by Gasteiger charge is 2.19. The maximum Gasteiger partial charge on any atom is 0.270 e. The van der Waals surface area contributed by atoms with Crippen LogP contribution in [-0.4, -0.2) is 25.7 Å². The standard InChI is InChI=1S/C24H24N2O5S/c1-17(27)25-26-24(28)20-13-21(31-16-29-2)22(30-15-18-9-5-3-6-10-18)14-23(20)32-19-11-7-4-8-12-19/h3-14H,15-16H2,1-2H3,(H,25,27)(H,26,28). The summed E-state index contributed by atoms with van der Waals surface area (Å²) >= 11 is 1.40. The molecule has 0 unspecified atom stereocenters. The van der Waals surface area contributed by atoms with Crippen molar-refractivity contribution < 1.29 is 23.8 Å². The molecule has 2 amide bonds. The summed E-state index contributed by atoms with van der Waals surface area (Å²) in [5.41, 5.74) is 6.04. The van der Waals surface area contributed by atoms with Crippen molar-refractivity contribution in [2.75, 3.05) is 13.9 Å². The molecule has 0 aliphatic rings. The average Bonchev–Trinajstić information content (AvgIpc) is 2.81. The summed E-state index contributed by atoms with van der Waals surface area (Å²) in [6, 6.07) is 22.7. The Kier molecular flexibility index (Phi) is 8.53. The second-order valence-electron chi connectivity index (χ2n) is 6.67. The lowest BCUT2D eigenvalue weighted by atomic mass is 10.2. The minimum Gasteiger partial charge on any atom is -0.485 e. The number of hydrogen-bond acceptors (Lipinski definition) is 6. The number of carbonyl (C=O) groups is 2. The summed E-state index contributed by atoms with van der Waals surface area (Å²) in [4.78, 5) is 25.6. The largest absolute Gasteiger partial charge is 0.485 e. The van der Waals surface area contributed by atoms with Gasteiger partial charge in [0.2, 0.25) is 5.91 Å². The van der Waals surface area contributed by atoms with Crippen LogP contribution in [0.15, 0.2) is 82.6 Å². The normalized spacial score (nSPS) is 10.3. The van der Waals surface area contributed by atoms with Crippen molar-refractivity contribution in [3.05, 3.63) is 83.9 Å². The first-order chi connectivity index (χ1) is 15.6. The Morgan fingerprint density at radius 3 is 2.19 bits per heavy atom. The topological polar surface area (TPSA) is 85.9 Å². The van der Waals surface area contributed by atoms with E-state index in [1.54, 1.807) is 12.1 Å². The van der Waals surface area contributed by atoms with E-state index in [0.717, 1.165) is 10.5 Å². The van der Waals surface area contributed by atoms with E-state index in [4.69, 9.17) is 14.2 Å². The number of ether oxygens (including phenoxy) is 3. The van der Waals surface area contributed by atoms with Gasteiger partial charge >= 0.3 is 0 Å². The molecule has 2 N–H and O–H groups in total. The van der Waals surface area contributed by atoms with E-state index in [-0.39, 0.29) is 12.7 Å². The molecular weight excluding hydrogens is 428 g/mol. The van der Waals surface area contributed by atoms with E-state index in [2.05, 4.69) is 10.9 Å². The summed E-state index contributed by atoms with van der Waals surface area (Å²) in [6.45, 7) is 1.63. The SMILES string of the molecule is COCOc1cc(C(=O)NNC(C)=O)c(Sc2ccccc2)cc1OCc1ccccc1. The lowest BCUT2D eigenvalue weighted by Crippen LogP contribution is -2.40. The van der Waals surface area contributed by atoms with Gasteiger partial charge in [0.25, 0.3) is 5.91 Å². The molecule has 0 saturated heterocycles. The highest BCUT2D eigenvalue weighted by molar-refractivity contribution is 7.99. The predicted octanol–water partition coefficient (Wildman–Crippen LogP) is 4.18. The van der Waals surface area contributed by atoms with Crippen molar-refractivity contribution >= 4 is 23.6 Å². The fourth-order valence-corrected chi connectivity index (χ4v) is 3.69. The Hall–Kier alpha value is -3.49. The zero-order valence-corrected chi connectivity index (χ0v) is 18.6. The average molecular weight is 453 g/mol. The minimum atomic E-state index is -0.476. The number of rotatable bonds is 9. The van der Waals surface area contributed by atoms with Crippen LogP contribution >= 0.6 is 11.8 Å². The highest BCUT2D eigenvalue weighted by atomic mass is 32.2. The minimum absolute atomic E-state index is 0.0143. The molecule has 0 fully saturated rings. The van der Waals surface area contributed by atoms with Crippen LogP contribution in [0, 0.1) is 0 Å². The third-order valence-corrected chi connectivity index (χ3v) is 5.25. The molecule has 8 heteroatoms. The van der Waals surface area contributed by atoms with Crippen molar-refractivity contribution in [1.29, 1.82) is 0 Å². The Morgan fingerprint density at radius 2 is 1.53 bits per heavy atom. The van der Waals surface area contributed by atoms with Crippen molar-refractivity contribution in [2.24, 2.45) is 0 Å². The fourth-order valence-electron chi connectivity index (χ4n) is 2.71. The van der Waals surface area contributed by atoms with Crippen molar-refractivity contribution in [2.45, 2.75) is 23.3 Å². The smallest absolute Gasteiger partial charge is 0.270 e. The van der Waals surface area contributed by atoms with Crippen LogP contribution in [0.25, 0.3) is 0 Å². The first-order valence-electron chi connectivity index (χ1n) is 9.83. The maximum atomic E-state index is 12.8. The Balaban J connectivity index is 1.96. The lowest BCUT2D eigenvalue weighted by molar-refractivity contribution is -0.119. The summed E-state index contributed by atoms with van der Waals surface area (Å²) in [5, 5.41) is 0. The second-order valence-corrected chi connectivity index (χ2v) is 7.79. The molecule has 32 heavy (non-hydrogen) atoms. The molecule has 0 atom stereocenters. The number of amides is 2. The van der Waals surface area contributed by atoms with E-state index in [1.807, 2.05) is 60.7 Å².